The first-order chi connectivity index (χ1) is 12.6. The third kappa shape index (κ3) is 3.51. The second-order valence-corrected chi connectivity index (χ2v) is 7.41. The van der Waals surface area contributed by atoms with E-state index in [2.05, 4.69) is 76.9 Å². The standard InChI is InChI=1S/C22H19BrN2O/c1-15-3-10-22-24-20(13-25(22)12-15)18-6-9-21(16(2)11-18)26-14-17-4-7-19(23)8-5-17/h3-13H,14H2,1-2H3. The summed E-state index contributed by atoms with van der Waals surface area (Å²) in [5, 5.41) is 0. The minimum absolute atomic E-state index is 0.557. The number of nitrogens with zero attached hydrogens (tertiary/aromatic N) is 2. The number of pyridine rings is 1. The largest absolute Gasteiger partial charge is 0.489 e. The van der Waals surface area contributed by atoms with Gasteiger partial charge in [-0.2, -0.15) is 0 Å². The van der Waals surface area contributed by atoms with Crippen LogP contribution in [-0.2, 0) is 6.61 Å². The molecule has 4 heteroatoms. The molecule has 0 saturated carbocycles. The molecule has 0 radical (unpaired) electrons. The van der Waals surface area contributed by atoms with E-state index in [1.165, 1.54) is 5.56 Å². The summed E-state index contributed by atoms with van der Waals surface area (Å²) in [4.78, 5) is 4.71. The van der Waals surface area contributed by atoms with Crippen LogP contribution in [0.1, 0.15) is 16.7 Å². The highest BCUT2D eigenvalue weighted by atomic mass is 79.9. The van der Waals surface area contributed by atoms with E-state index in [0.717, 1.165) is 38.3 Å². The van der Waals surface area contributed by atoms with Crippen molar-refractivity contribution >= 4 is 21.6 Å². The Labute approximate surface area is 161 Å². The fourth-order valence-electron chi connectivity index (χ4n) is 2.95. The molecule has 0 aliphatic rings. The number of imidazole rings is 1. The smallest absolute Gasteiger partial charge is 0.137 e. The number of halogens is 1. The summed E-state index contributed by atoms with van der Waals surface area (Å²) in [6, 6.07) is 18.5. The molecule has 3 nitrogen and oxygen atoms in total. The molecular formula is C22H19BrN2O. The van der Waals surface area contributed by atoms with Crippen molar-refractivity contribution in [1.29, 1.82) is 0 Å². The Bertz CT molecular complexity index is 1070. The zero-order chi connectivity index (χ0) is 18.1. The quantitative estimate of drug-likeness (QED) is 0.417. The van der Waals surface area contributed by atoms with Gasteiger partial charge in [-0.1, -0.05) is 34.1 Å². The summed E-state index contributed by atoms with van der Waals surface area (Å²) in [5.41, 5.74) is 6.49. The number of ether oxygens (including phenoxy) is 1. The molecule has 0 bridgehead atoms. The second-order valence-electron chi connectivity index (χ2n) is 6.49. The van der Waals surface area contributed by atoms with Crippen molar-refractivity contribution in [3.63, 3.8) is 0 Å². The van der Waals surface area contributed by atoms with Gasteiger partial charge in [0.2, 0.25) is 0 Å². The summed E-state index contributed by atoms with van der Waals surface area (Å²) in [7, 11) is 0. The maximum atomic E-state index is 5.99. The lowest BCUT2D eigenvalue weighted by atomic mass is 10.1. The van der Waals surface area contributed by atoms with Crippen molar-refractivity contribution in [2.75, 3.05) is 0 Å². The van der Waals surface area contributed by atoms with E-state index < -0.39 is 0 Å². The molecule has 26 heavy (non-hydrogen) atoms. The Morgan fingerprint density at radius 3 is 2.54 bits per heavy atom. The van der Waals surface area contributed by atoms with Crippen molar-refractivity contribution in [3.8, 4) is 17.0 Å². The molecule has 2 heterocycles. The molecule has 4 aromatic rings. The highest BCUT2D eigenvalue weighted by molar-refractivity contribution is 9.10. The van der Waals surface area contributed by atoms with Gasteiger partial charge in [-0.3, -0.25) is 0 Å². The zero-order valence-electron chi connectivity index (χ0n) is 14.7. The number of aryl methyl sites for hydroxylation is 2. The first kappa shape index (κ1) is 16.9. The van der Waals surface area contributed by atoms with Crippen LogP contribution in [0.4, 0.5) is 0 Å². The average molecular weight is 407 g/mol. The normalized spacial score (nSPS) is 11.0. The van der Waals surface area contributed by atoms with E-state index >= 15 is 0 Å². The highest BCUT2D eigenvalue weighted by Crippen LogP contribution is 2.27. The molecule has 2 aromatic carbocycles. The second kappa shape index (κ2) is 6.96. The molecule has 0 fully saturated rings. The minimum Gasteiger partial charge on any atom is -0.489 e. The lowest BCUT2D eigenvalue weighted by Gasteiger charge is -2.10. The topological polar surface area (TPSA) is 26.5 Å². The summed E-state index contributed by atoms with van der Waals surface area (Å²) in [5.74, 6) is 0.899. The van der Waals surface area contributed by atoms with E-state index in [0.29, 0.717) is 6.61 Å². The molecule has 0 atom stereocenters. The predicted molar refractivity (Wildman–Crippen MR) is 109 cm³/mol. The minimum atomic E-state index is 0.557. The molecule has 0 saturated heterocycles. The first-order valence-corrected chi connectivity index (χ1v) is 9.31. The van der Waals surface area contributed by atoms with Gasteiger partial charge in [-0.05, 0) is 66.9 Å². The number of benzene rings is 2. The maximum Gasteiger partial charge on any atom is 0.137 e. The highest BCUT2D eigenvalue weighted by Gasteiger charge is 2.08. The molecule has 0 unspecified atom stereocenters. The van der Waals surface area contributed by atoms with E-state index in [4.69, 9.17) is 9.72 Å². The molecular weight excluding hydrogens is 388 g/mol. The van der Waals surface area contributed by atoms with Gasteiger partial charge >= 0.3 is 0 Å². The van der Waals surface area contributed by atoms with Crippen LogP contribution in [0.15, 0.2) is 71.5 Å². The van der Waals surface area contributed by atoms with Crippen LogP contribution in [-0.4, -0.2) is 9.38 Å². The number of rotatable bonds is 4. The fourth-order valence-corrected chi connectivity index (χ4v) is 3.22. The van der Waals surface area contributed by atoms with Gasteiger partial charge in [-0.25, -0.2) is 4.98 Å². The fraction of sp³-hybridized carbons (Fsp3) is 0.136. The molecule has 0 aliphatic carbocycles. The van der Waals surface area contributed by atoms with Gasteiger partial charge in [0, 0.05) is 22.4 Å². The lowest BCUT2D eigenvalue weighted by Crippen LogP contribution is -1.97. The van der Waals surface area contributed by atoms with Gasteiger partial charge in [0.1, 0.15) is 18.0 Å². The van der Waals surface area contributed by atoms with Crippen molar-refractivity contribution in [2.45, 2.75) is 20.5 Å². The molecule has 0 aliphatic heterocycles. The first-order valence-electron chi connectivity index (χ1n) is 8.52. The lowest BCUT2D eigenvalue weighted by molar-refractivity contribution is 0.304. The van der Waals surface area contributed by atoms with Gasteiger partial charge < -0.3 is 9.14 Å². The molecule has 2 aromatic heterocycles. The summed E-state index contributed by atoms with van der Waals surface area (Å²) < 4.78 is 9.13. The van der Waals surface area contributed by atoms with E-state index in [1.807, 2.05) is 24.3 Å². The SMILES string of the molecule is Cc1ccc2nc(-c3ccc(OCc4ccc(Br)cc4)c(C)c3)cn2c1. The zero-order valence-corrected chi connectivity index (χ0v) is 16.3. The van der Waals surface area contributed by atoms with Gasteiger partial charge in [0.25, 0.3) is 0 Å². The monoisotopic (exact) mass is 406 g/mol. The van der Waals surface area contributed by atoms with Crippen LogP contribution in [0, 0.1) is 13.8 Å². The molecule has 0 N–H and O–H groups in total. The van der Waals surface area contributed by atoms with Crippen LogP contribution in [0.3, 0.4) is 0 Å². The summed E-state index contributed by atoms with van der Waals surface area (Å²) >= 11 is 3.45. The van der Waals surface area contributed by atoms with Crippen LogP contribution in [0.2, 0.25) is 0 Å². The average Bonchev–Trinajstić information content (AvgIpc) is 3.05. The summed E-state index contributed by atoms with van der Waals surface area (Å²) in [6.45, 7) is 4.71. The molecule has 4 rings (SSSR count). The van der Waals surface area contributed by atoms with Crippen LogP contribution in [0.25, 0.3) is 16.9 Å². The van der Waals surface area contributed by atoms with Crippen LogP contribution >= 0.6 is 15.9 Å². The number of hydrogen-bond donors (Lipinski definition) is 0. The Kier molecular flexibility index (Phi) is 4.51. The van der Waals surface area contributed by atoms with E-state index in [-0.39, 0.29) is 0 Å². The van der Waals surface area contributed by atoms with Crippen LogP contribution < -0.4 is 4.74 Å². The van der Waals surface area contributed by atoms with Gasteiger partial charge in [0.05, 0.1) is 5.69 Å². The van der Waals surface area contributed by atoms with E-state index in [1.54, 1.807) is 0 Å². The Morgan fingerprint density at radius 2 is 1.77 bits per heavy atom. The Hall–Kier alpha value is -2.59. The third-order valence-electron chi connectivity index (χ3n) is 4.38. The predicted octanol–water partition coefficient (Wildman–Crippen LogP) is 5.96. The molecule has 130 valence electrons. The van der Waals surface area contributed by atoms with Gasteiger partial charge in [-0.15, -0.1) is 0 Å². The van der Waals surface area contributed by atoms with Gasteiger partial charge in [0.15, 0.2) is 0 Å². The maximum absolute atomic E-state index is 5.99. The number of fused-ring (bicyclic) bond motifs is 1. The molecule has 0 spiro atoms. The van der Waals surface area contributed by atoms with Crippen molar-refractivity contribution in [1.82, 2.24) is 9.38 Å². The van der Waals surface area contributed by atoms with Crippen molar-refractivity contribution in [3.05, 3.63) is 88.2 Å². The van der Waals surface area contributed by atoms with Crippen LogP contribution in [0.5, 0.6) is 5.75 Å². The third-order valence-corrected chi connectivity index (χ3v) is 4.91. The molecule has 0 amide bonds. The Balaban J connectivity index is 1.55. The van der Waals surface area contributed by atoms with E-state index in [9.17, 15) is 0 Å². The number of aromatic nitrogens is 2. The van der Waals surface area contributed by atoms with Crippen molar-refractivity contribution in [2.24, 2.45) is 0 Å². The van der Waals surface area contributed by atoms with Crippen molar-refractivity contribution < 1.29 is 4.74 Å². The Morgan fingerprint density at radius 1 is 0.962 bits per heavy atom. The number of hydrogen-bond acceptors (Lipinski definition) is 2. The summed E-state index contributed by atoms with van der Waals surface area (Å²) in [6.07, 6.45) is 4.16.